The van der Waals surface area contributed by atoms with E-state index in [1.54, 1.807) is 30.3 Å². The van der Waals surface area contributed by atoms with Crippen molar-refractivity contribution >= 4 is 13.7 Å². The maximum Gasteiger partial charge on any atom is 0.459 e. The van der Waals surface area contributed by atoms with Gasteiger partial charge in [-0.15, -0.1) is 0 Å². The van der Waals surface area contributed by atoms with Crippen LogP contribution >= 0.6 is 7.75 Å². The third-order valence-corrected chi connectivity index (χ3v) is 7.86. The number of nitrogens with zero attached hydrogens (tertiary/aromatic N) is 2. The second kappa shape index (κ2) is 14.9. The summed E-state index contributed by atoms with van der Waals surface area (Å²) in [5, 5.41) is 22.2. The topological polar surface area (TPSA) is 182 Å². The molecule has 1 aromatic carbocycles. The van der Waals surface area contributed by atoms with Crippen LogP contribution in [0.5, 0.6) is 5.75 Å². The normalized spacial score (nSPS) is 18.4. The van der Waals surface area contributed by atoms with E-state index in [0.29, 0.717) is 0 Å². The minimum Gasteiger partial charge on any atom is -0.461 e. The molecule has 0 aliphatic heterocycles. The Morgan fingerprint density at radius 1 is 1.20 bits per heavy atom. The van der Waals surface area contributed by atoms with Crippen LogP contribution in [0.25, 0.3) is 0 Å². The largest absolute Gasteiger partial charge is 0.461 e. The van der Waals surface area contributed by atoms with Gasteiger partial charge in [-0.3, -0.25) is 23.7 Å². The lowest BCUT2D eigenvalue weighted by molar-refractivity contribution is -0.152. The number of carbonyl (C=O) groups excluding carboxylic acids is 1. The number of hydrogen-bond donors (Lipinski definition) is 3. The molecule has 0 radical (unpaired) electrons. The zero-order chi connectivity index (χ0) is 29.1. The molecule has 218 valence electrons. The summed E-state index contributed by atoms with van der Waals surface area (Å²) in [6, 6.07) is 10.1. The Kier molecular flexibility index (Phi) is 11.7. The third kappa shape index (κ3) is 9.43. The Bertz CT molecular complexity index is 1300. The lowest BCUT2D eigenvalue weighted by Crippen LogP contribution is -2.40. The second-order valence-corrected chi connectivity index (χ2v) is 11.2. The highest BCUT2D eigenvalue weighted by Gasteiger charge is 2.35. The number of ether oxygens (including phenoxy) is 2. The molecule has 0 saturated heterocycles. The van der Waals surface area contributed by atoms with Crippen molar-refractivity contribution in [2.75, 3.05) is 6.61 Å². The van der Waals surface area contributed by atoms with Gasteiger partial charge in [0.15, 0.2) is 6.23 Å². The molecule has 0 bridgehead atoms. The first-order chi connectivity index (χ1) is 19.1. The number of benzene rings is 1. The molecule has 13 nitrogen and oxygen atoms in total. The number of rotatable bonds is 14. The standard InChI is InChI=1S/C26H35N4O9P/c1-18(25(33)37-20-9-5-3-6-10-20)29-40(35,39-21-11-7-4-8-12-21)36-17-22(19(2)31)38-24(13-15-27)30-16-14-23(32)28-26(30)34/h4,7-8,11-12,14,16,18-20,22,24,31H,3,5-6,9-10,13,17H2,1-2H3,(H,29,35)(H,28,32,34)/t18-,19?,22+,24+,40?/m0/s1. The molecule has 1 fully saturated rings. The minimum absolute atomic E-state index is 0.197. The van der Waals surface area contributed by atoms with E-state index in [1.807, 2.05) is 6.07 Å². The molecule has 1 aliphatic rings. The van der Waals surface area contributed by atoms with E-state index in [0.717, 1.165) is 48.9 Å². The molecule has 0 spiro atoms. The van der Waals surface area contributed by atoms with Gasteiger partial charge in [0.25, 0.3) is 5.56 Å². The summed E-state index contributed by atoms with van der Waals surface area (Å²) in [5.41, 5.74) is -1.45. The Labute approximate surface area is 231 Å². The van der Waals surface area contributed by atoms with Crippen LogP contribution in [0.15, 0.2) is 52.2 Å². The maximum absolute atomic E-state index is 13.8. The van der Waals surface area contributed by atoms with Crippen molar-refractivity contribution in [3.63, 3.8) is 0 Å². The molecule has 5 atom stereocenters. The van der Waals surface area contributed by atoms with Crippen molar-refractivity contribution in [2.24, 2.45) is 0 Å². The van der Waals surface area contributed by atoms with Gasteiger partial charge in [0.2, 0.25) is 0 Å². The van der Waals surface area contributed by atoms with E-state index in [2.05, 4.69) is 10.1 Å². The van der Waals surface area contributed by atoms with Crippen LogP contribution in [-0.2, 0) is 23.4 Å². The fraction of sp³-hybridized carbons (Fsp3) is 0.538. The predicted octanol–water partition coefficient (Wildman–Crippen LogP) is 2.77. The van der Waals surface area contributed by atoms with Gasteiger partial charge in [0.05, 0.1) is 25.2 Å². The van der Waals surface area contributed by atoms with Gasteiger partial charge in [-0.1, -0.05) is 24.6 Å². The van der Waals surface area contributed by atoms with Crippen LogP contribution in [0.3, 0.4) is 0 Å². The van der Waals surface area contributed by atoms with Crippen molar-refractivity contribution in [3.8, 4) is 11.8 Å². The molecule has 2 unspecified atom stereocenters. The molecular weight excluding hydrogens is 543 g/mol. The predicted molar refractivity (Wildman–Crippen MR) is 143 cm³/mol. The van der Waals surface area contributed by atoms with Crippen LogP contribution in [0.4, 0.5) is 0 Å². The molecule has 1 aromatic heterocycles. The summed E-state index contributed by atoms with van der Waals surface area (Å²) in [6.45, 7) is 2.34. The molecule has 2 aromatic rings. The average molecular weight is 579 g/mol. The Morgan fingerprint density at radius 3 is 2.52 bits per heavy atom. The SMILES string of the molecule is CC(O)[C@@H](COP(=O)(N[C@@H](C)C(=O)OC1CCCCC1)Oc1ccccc1)O[C@H](CC#N)n1ccc(=O)[nH]c1=O. The fourth-order valence-electron chi connectivity index (χ4n) is 4.06. The Hall–Kier alpha value is -3.27. The van der Waals surface area contributed by atoms with Gasteiger partial charge in [0.1, 0.15) is 24.0 Å². The number of aliphatic hydroxyl groups excluding tert-OH is 1. The lowest BCUT2D eigenvalue weighted by atomic mass is 9.98. The fourth-order valence-corrected chi connectivity index (χ4v) is 5.56. The number of para-hydroxylation sites is 1. The molecule has 1 heterocycles. The molecule has 40 heavy (non-hydrogen) atoms. The average Bonchev–Trinajstić information content (AvgIpc) is 2.91. The number of aromatic nitrogens is 2. The smallest absolute Gasteiger partial charge is 0.459 e. The van der Waals surface area contributed by atoms with Gasteiger partial charge < -0.3 is 19.1 Å². The van der Waals surface area contributed by atoms with Crippen LogP contribution in [0.1, 0.15) is 58.6 Å². The van der Waals surface area contributed by atoms with Crippen LogP contribution in [0.2, 0.25) is 0 Å². The van der Waals surface area contributed by atoms with Crippen molar-refractivity contribution in [1.82, 2.24) is 14.6 Å². The van der Waals surface area contributed by atoms with E-state index in [-0.39, 0.29) is 18.3 Å². The monoisotopic (exact) mass is 578 g/mol. The summed E-state index contributed by atoms with van der Waals surface area (Å²) in [5.74, 6) is -0.412. The molecular formula is C26H35N4O9P. The first-order valence-corrected chi connectivity index (χ1v) is 14.6. The molecule has 3 N–H and O–H groups in total. The van der Waals surface area contributed by atoms with Gasteiger partial charge in [-0.05, 0) is 51.7 Å². The molecule has 3 rings (SSSR count). The van der Waals surface area contributed by atoms with Gasteiger partial charge in [-0.2, -0.15) is 10.3 Å². The third-order valence-electron chi connectivity index (χ3n) is 6.22. The van der Waals surface area contributed by atoms with Gasteiger partial charge in [-0.25, -0.2) is 9.36 Å². The molecule has 14 heteroatoms. The van der Waals surface area contributed by atoms with Crippen LogP contribution < -0.4 is 20.9 Å². The van der Waals surface area contributed by atoms with E-state index in [1.165, 1.54) is 13.8 Å². The molecule has 1 saturated carbocycles. The number of H-pyrrole nitrogens is 1. The van der Waals surface area contributed by atoms with Crippen molar-refractivity contribution < 1.29 is 33.0 Å². The summed E-state index contributed by atoms with van der Waals surface area (Å²) in [7, 11) is -4.27. The number of nitriles is 1. The first kappa shape index (κ1) is 31.3. The Morgan fingerprint density at radius 2 is 1.90 bits per heavy atom. The zero-order valence-electron chi connectivity index (χ0n) is 22.4. The number of aromatic amines is 1. The summed E-state index contributed by atoms with van der Waals surface area (Å²) >= 11 is 0. The molecule has 1 aliphatic carbocycles. The van der Waals surface area contributed by atoms with Crippen molar-refractivity contribution in [3.05, 3.63) is 63.4 Å². The minimum atomic E-state index is -4.27. The zero-order valence-corrected chi connectivity index (χ0v) is 23.3. The number of hydrogen-bond acceptors (Lipinski definition) is 10. The summed E-state index contributed by atoms with van der Waals surface area (Å²) in [4.78, 5) is 38.5. The number of aliphatic hydroxyl groups is 1. The summed E-state index contributed by atoms with van der Waals surface area (Å²) < 4.78 is 37.5. The van der Waals surface area contributed by atoms with E-state index in [4.69, 9.17) is 18.5 Å². The quantitative estimate of drug-likeness (QED) is 0.221. The highest BCUT2D eigenvalue weighted by Crippen LogP contribution is 2.45. The number of esters is 1. The summed E-state index contributed by atoms with van der Waals surface area (Å²) in [6.07, 6.45) is 1.60. The van der Waals surface area contributed by atoms with E-state index in [9.17, 15) is 29.3 Å². The van der Waals surface area contributed by atoms with Gasteiger partial charge in [0, 0.05) is 12.3 Å². The van der Waals surface area contributed by atoms with E-state index < -0.39 is 56.0 Å². The number of nitrogens with one attached hydrogen (secondary N) is 2. The lowest BCUT2D eigenvalue weighted by Gasteiger charge is -2.29. The molecule has 0 amide bonds. The van der Waals surface area contributed by atoms with Crippen molar-refractivity contribution in [1.29, 1.82) is 5.26 Å². The van der Waals surface area contributed by atoms with Gasteiger partial charge >= 0.3 is 19.4 Å². The highest BCUT2D eigenvalue weighted by molar-refractivity contribution is 7.52. The van der Waals surface area contributed by atoms with Crippen molar-refractivity contribution in [2.45, 2.75) is 83.0 Å². The van der Waals surface area contributed by atoms with Crippen LogP contribution in [-0.4, -0.2) is 51.6 Å². The highest BCUT2D eigenvalue weighted by atomic mass is 31.2. The maximum atomic E-state index is 13.8. The second-order valence-electron chi connectivity index (χ2n) is 9.49. The first-order valence-electron chi connectivity index (χ1n) is 13.1. The Balaban J connectivity index is 1.76. The number of carbonyl (C=O) groups is 1. The van der Waals surface area contributed by atoms with Crippen LogP contribution in [0, 0.1) is 11.3 Å². The van der Waals surface area contributed by atoms with E-state index >= 15 is 0 Å².